The molecule has 1 atom stereocenters. The van der Waals surface area contributed by atoms with Crippen LogP contribution in [-0.4, -0.2) is 65.2 Å². The Morgan fingerprint density at radius 1 is 1.37 bits per heavy atom. The molecule has 3 aliphatic heterocycles. The largest absolute Gasteiger partial charge is 0.371 e. The van der Waals surface area contributed by atoms with Gasteiger partial charge in [-0.15, -0.1) is 0 Å². The van der Waals surface area contributed by atoms with Gasteiger partial charge in [-0.2, -0.15) is 0 Å². The van der Waals surface area contributed by atoms with Crippen molar-refractivity contribution in [3.05, 3.63) is 17.0 Å². The predicted octanol–water partition coefficient (Wildman–Crippen LogP) is 2.18. The first kappa shape index (κ1) is 18.5. The van der Waals surface area contributed by atoms with E-state index in [2.05, 4.69) is 12.1 Å². The molecule has 4 heterocycles. The molecule has 27 heavy (non-hydrogen) atoms. The smallest absolute Gasteiger partial charge is 0.259 e. The number of nitrogens with zero attached hydrogens (tertiary/aromatic N) is 3. The molecule has 1 aromatic rings. The number of rotatable bonds is 5. The Balaban J connectivity index is 1.30. The van der Waals surface area contributed by atoms with Gasteiger partial charge in [-0.1, -0.05) is 12.1 Å². The minimum absolute atomic E-state index is 0.0104. The quantitative estimate of drug-likeness (QED) is 0.788. The van der Waals surface area contributed by atoms with E-state index in [-0.39, 0.29) is 17.4 Å². The van der Waals surface area contributed by atoms with E-state index in [0.29, 0.717) is 49.1 Å². The van der Waals surface area contributed by atoms with Crippen molar-refractivity contribution in [1.82, 2.24) is 15.0 Å². The summed E-state index contributed by atoms with van der Waals surface area (Å²) >= 11 is 0. The molecule has 0 bridgehead atoms. The second kappa shape index (κ2) is 7.26. The fourth-order valence-electron chi connectivity index (χ4n) is 4.56. The lowest BCUT2D eigenvalue weighted by Crippen LogP contribution is -2.66. The molecule has 1 spiro atoms. The summed E-state index contributed by atoms with van der Waals surface area (Å²) in [4.78, 5) is 28.5. The summed E-state index contributed by atoms with van der Waals surface area (Å²) in [5.74, 6) is 1.40. The highest BCUT2D eigenvalue weighted by Gasteiger charge is 2.49. The number of amides is 2. The van der Waals surface area contributed by atoms with Crippen LogP contribution in [0, 0.1) is 12.8 Å². The SMILES string of the molecule is CCCc1onc(C)c1C(=O)N1CC2(CC[C@H](CN3CCCC3=O)CO2)C1. The van der Waals surface area contributed by atoms with Crippen molar-refractivity contribution < 1.29 is 18.8 Å². The average molecular weight is 375 g/mol. The molecule has 1 aromatic heterocycles. The van der Waals surface area contributed by atoms with Crippen LogP contribution in [0.4, 0.5) is 0 Å². The van der Waals surface area contributed by atoms with Gasteiger partial charge in [-0.25, -0.2) is 0 Å². The molecule has 148 valence electrons. The van der Waals surface area contributed by atoms with Crippen LogP contribution in [0.3, 0.4) is 0 Å². The summed E-state index contributed by atoms with van der Waals surface area (Å²) in [6, 6.07) is 0. The Labute approximate surface area is 160 Å². The maximum Gasteiger partial charge on any atom is 0.259 e. The number of ether oxygens (including phenoxy) is 1. The second-order valence-electron chi connectivity index (χ2n) is 8.32. The summed E-state index contributed by atoms with van der Waals surface area (Å²) in [5.41, 5.74) is 1.11. The topological polar surface area (TPSA) is 75.9 Å². The lowest BCUT2D eigenvalue weighted by molar-refractivity contribution is -0.169. The highest BCUT2D eigenvalue weighted by atomic mass is 16.5. The van der Waals surface area contributed by atoms with Crippen molar-refractivity contribution in [2.75, 3.05) is 32.8 Å². The van der Waals surface area contributed by atoms with Gasteiger partial charge < -0.3 is 19.1 Å². The Kier molecular flexibility index (Phi) is 4.97. The first-order valence-electron chi connectivity index (χ1n) is 10.2. The average Bonchev–Trinajstić information content (AvgIpc) is 3.19. The lowest BCUT2D eigenvalue weighted by atomic mass is 9.82. The van der Waals surface area contributed by atoms with Gasteiger partial charge in [-0.05, 0) is 32.6 Å². The summed E-state index contributed by atoms with van der Waals surface area (Å²) in [6.45, 7) is 7.55. The summed E-state index contributed by atoms with van der Waals surface area (Å²) < 4.78 is 11.5. The molecule has 3 aliphatic rings. The number of carbonyl (C=O) groups is 2. The normalized spacial score (nSPS) is 24.5. The number of aromatic nitrogens is 1. The number of likely N-dealkylation sites (tertiary alicyclic amines) is 2. The second-order valence-corrected chi connectivity index (χ2v) is 8.32. The zero-order valence-electron chi connectivity index (χ0n) is 16.3. The van der Waals surface area contributed by atoms with E-state index in [1.165, 1.54) is 0 Å². The van der Waals surface area contributed by atoms with E-state index in [1.54, 1.807) is 0 Å². The summed E-state index contributed by atoms with van der Waals surface area (Å²) in [5, 5.41) is 3.98. The van der Waals surface area contributed by atoms with E-state index < -0.39 is 0 Å². The third kappa shape index (κ3) is 3.49. The van der Waals surface area contributed by atoms with Crippen LogP contribution in [-0.2, 0) is 16.0 Å². The number of carbonyl (C=O) groups excluding carboxylic acids is 2. The van der Waals surface area contributed by atoms with Crippen LogP contribution in [0.1, 0.15) is 60.8 Å². The molecule has 7 nitrogen and oxygen atoms in total. The summed E-state index contributed by atoms with van der Waals surface area (Å²) in [6.07, 6.45) is 5.33. The molecule has 3 saturated heterocycles. The number of aryl methyl sites for hydroxylation is 2. The van der Waals surface area contributed by atoms with Gasteiger partial charge in [0.25, 0.3) is 5.91 Å². The van der Waals surface area contributed by atoms with E-state index in [9.17, 15) is 9.59 Å². The third-order valence-electron chi connectivity index (χ3n) is 6.15. The lowest BCUT2D eigenvalue weighted by Gasteiger charge is -2.52. The molecular formula is C20H29N3O4. The van der Waals surface area contributed by atoms with Crippen LogP contribution in [0.2, 0.25) is 0 Å². The highest BCUT2D eigenvalue weighted by molar-refractivity contribution is 5.96. The Hall–Kier alpha value is -1.89. The monoisotopic (exact) mass is 375 g/mol. The van der Waals surface area contributed by atoms with Gasteiger partial charge in [0.05, 0.1) is 25.4 Å². The summed E-state index contributed by atoms with van der Waals surface area (Å²) in [7, 11) is 0. The van der Waals surface area contributed by atoms with Crippen molar-refractivity contribution in [2.45, 2.75) is 58.0 Å². The van der Waals surface area contributed by atoms with Gasteiger partial charge in [0.15, 0.2) is 0 Å². The van der Waals surface area contributed by atoms with Gasteiger partial charge in [0.1, 0.15) is 16.9 Å². The fourth-order valence-corrected chi connectivity index (χ4v) is 4.56. The van der Waals surface area contributed by atoms with Crippen LogP contribution < -0.4 is 0 Å². The van der Waals surface area contributed by atoms with Crippen LogP contribution >= 0.6 is 0 Å². The number of hydrogen-bond acceptors (Lipinski definition) is 5. The van der Waals surface area contributed by atoms with E-state index >= 15 is 0 Å². The maximum absolute atomic E-state index is 12.9. The van der Waals surface area contributed by atoms with Gasteiger partial charge in [-0.3, -0.25) is 9.59 Å². The van der Waals surface area contributed by atoms with Crippen LogP contribution in [0.25, 0.3) is 0 Å². The van der Waals surface area contributed by atoms with E-state index in [4.69, 9.17) is 9.26 Å². The van der Waals surface area contributed by atoms with Gasteiger partial charge in [0, 0.05) is 31.8 Å². The van der Waals surface area contributed by atoms with E-state index in [1.807, 2.05) is 16.7 Å². The molecule has 0 unspecified atom stereocenters. The zero-order chi connectivity index (χ0) is 19.0. The predicted molar refractivity (Wildman–Crippen MR) is 98.4 cm³/mol. The maximum atomic E-state index is 12.9. The van der Waals surface area contributed by atoms with Crippen molar-refractivity contribution >= 4 is 11.8 Å². The Morgan fingerprint density at radius 2 is 2.19 bits per heavy atom. The Bertz CT molecular complexity index is 713. The van der Waals surface area contributed by atoms with Gasteiger partial charge >= 0.3 is 0 Å². The van der Waals surface area contributed by atoms with E-state index in [0.717, 1.165) is 45.2 Å². The zero-order valence-corrected chi connectivity index (χ0v) is 16.3. The minimum Gasteiger partial charge on any atom is -0.371 e. The number of hydrogen-bond donors (Lipinski definition) is 0. The third-order valence-corrected chi connectivity index (χ3v) is 6.15. The molecule has 0 saturated carbocycles. The molecule has 0 aliphatic carbocycles. The molecule has 7 heteroatoms. The van der Waals surface area contributed by atoms with Crippen LogP contribution in [0.5, 0.6) is 0 Å². The van der Waals surface area contributed by atoms with Gasteiger partial charge in [0.2, 0.25) is 5.91 Å². The molecular weight excluding hydrogens is 346 g/mol. The molecule has 0 N–H and O–H groups in total. The molecule has 3 fully saturated rings. The minimum atomic E-state index is -0.197. The van der Waals surface area contributed by atoms with Crippen molar-refractivity contribution in [2.24, 2.45) is 5.92 Å². The fraction of sp³-hybridized carbons (Fsp3) is 0.750. The van der Waals surface area contributed by atoms with Crippen LogP contribution in [0.15, 0.2) is 4.52 Å². The first-order valence-corrected chi connectivity index (χ1v) is 10.2. The van der Waals surface area contributed by atoms with Crippen molar-refractivity contribution in [3.63, 3.8) is 0 Å². The molecule has 4 rings (SSSR count). The first-order chi connectivity index (χ1) is 13.0. The molecule has 0 radical (unpaired) electrons. The molecule has 0 aromatic carbocycles. The van der Waals surface area contributed by atoms with Crippen molar-refractivity contribution in [3.8, 4) is 0 Å². The van der Waals surface area contributed by atoms with Crippen molar-refractivity contribution in [1.29, 1.82) is 0 Å². The highest BCUT2D eigenvalue weighted by Crippen LogP contribution is 2.37. The standard InChI is InChI=1S/C20H29N3O4/c1-3-5-16-18(14(2)21-27-16)19(25)23-12-20(13-23)8-7-15(11-26-20)10-22-9-4-6-17(22)24/h15H,3-13H2,1-2H3/t15-/m1/s1. The molecule has 2 amide bonds. The Morgan fingerprint density at radius 3 is 2.81 bits per heavy atom.